The van der Waals surface area contributed by atoms with Gasteiger partial charge in [-0.1, -0.05) is 42.5 Å². The Morgan fingerprint density at radius 2 is 1.76 bits per heavy atom. The fourth-order valence-corrected chi connectivity index (χ4v) is 3.74. The van der Waals surface area contributed by atoms with E-state index < -0.39 is 23.5 Å². The van der Waals surface area contributed by atoms with Crippen molar-refractivity contribution in [2.45, 2.75) is 19.9 Å². The van der Waals surface area contributed by atoms with E-state index in [1.165, 1.54) is 18.1 Å². The van der Waals surface area contributed by atoms with Crippen LogP contribution in [0.25, 0.3) is 6.08 Å². The third-order valence-electron chi connectivity index (χ3n) is 5.22. The molecule has 1 N–H and O–H groups in total. The van der Waals surface area contributed by atoms with E-state index in [1.807, 2.05) is 44.2 Å². The van der Waals surface area contributed by atoms with Gasteiger partial charge in [0.1, 0.15) is 0 Å². The molecule has 0 aliphatic carbocycles. The highest BCUT2D eigenvalue weighted by Gasteiger charge is 2.43. The minimum atomic E-state index is -0.782. The van der Waals surface area contributed by atoms with E-state index in [0.717, 1.165) is 5.56 Å². The number of hydrogen-bond acceptors (Lipinski definition) is 6. The first kappa shape index (κ1) is 24.1. The van der Waals surface area contributed by atoms with Gasteiger partial charge in [0.05, 0.1) is 31.4 Å². The van der Waals surface area contributed by atoms with E-state index in [2.05, 4.69) is 0 Å². The Balaban J connectivity index is 2.03. The van der Waals surface area contributed by atoms with Gasteiger partial charge in [-0.25, -0.2) is 0 Å². The molecule has 1 unspecified atom stereocenters. The molecule has 0 radical (unpaired) electrons. The normalized spacial score (nSPS) is 16.0. The average Bonchev–Trinajstić information content (AvgIpc) is 3.08. The number of ether oxygens (including phenoxy) is 3. The minimum absolute atomic E-state index is 0.0230. The number of methoxy groups -OCH3 is 1. The van der Waals surface area contributed by atoms with Gasteiger partial charge in [-0.05, 0) is 43.2 Å². The van der Waals surface area contributed by atoms with E-state index in [9.17, 15) is 14.7 Å². The van der Waals surface area contributed by atoms with Crippen molar-refractivity contribution >= 4 is 17.8 Å². The maximum atomic E-state index is 13.2. The number of amides is 1. The van der Waals surface area contributed by atoms with Gasteiger partial charge in [-0.15, -0.1) is 0 Å². The number of benzene rings is 2. The molecule has 3 rings (SSSR count). The lowest BCUT2D eigenvalue weighted by Gasteiger charge is -2.27. The molecular formula is C26H29NO6. The third kappa shape index (κ3) is 5.43. The van der Waals surface area contributed by atoms with Crippen molar-refractivity contribution < 1.29 is 28.9 Å². The van der Waals surface area contributed by atoms with Crippen LogP contribution < -0.4 is 9.47 Å². The van der Waals surface area contributed by atoms with E-state index in [-0.39, 0.29) is 18.7 Å². The van der Waals surface area contributed by atoms with Crippen LogP contribution >= 0.6 is 0 Å². The molecule has 7 nitrogen and oxygen atoms in total. The van der Waals surface area contributed by atoms with Crippen LogP contribution in [-0.4, -0.2) is 55.2 Å². The van der Waals surface area contributed by atoms with Crippen LogP contribution in [0, 0.1) is 0 Å². The molecule has 0 saturated heterocycles. The molecule has 174 valence electrons. The Hall–Kier alpha value is -3.58. The zero-order valence-electron chi connectivity index (χ0n) is 19.1. The smallest absolute Gasteiger partial charge is 0.290 e. The van der Waals surface area contributed by atoms with Gasteiger partial charge >= 0.3 is 0 Å². The number of rotatable bonds is 11. The molecule has 0 bridgehead atoms. The topological polar surface area (TPSA) is 85.3 Å². The standard InChI is InChI=1S/C26H29NO6/c1-4-32-21-14-12-19(17-22(21)33-5-2)24-23(25(29)26(30)27(24)15-16-31-3)20(28)13-11-18-9-7-6-8-10-18/h6-14,17,24,29H,4-5,15-16H2,1-3H3/b13-11+. The number of hydrogen-bond donors (Lipinski definition) is 1. The summed E-state index contributed by atoms with van der Waals surface area (Å²) in [5.41, 5.74) is 1.49. The molecule has 0 aromatic heterocycles. The summed E-state index contributed by atoms with van der Waals surface area (Å²) >= 11 is 0. The minimum Gasteiger partial charge on any atom is -0.503 e. The Bertz CT molecular complexity index is 1040. The lowest BCUT2D eigenvalue weighted by atomic mass is 9.95. The van der Waals surface area contributed by atoms with Crippen LogP contribution in [0.1, 0.15) is 31.0 Å². The zero-order chi connectivity index (χ0) is 23.8. The summed E-state index contributed by atoms with van der Waals surface area (Å²) in [5.74, 6) is -0.526. The molecular weight excluding hydrogens is 422 g/mol. The summed E-state index contributed by atoms with van der Waals surface area (Å²) in [6.07, 6.45) is 3.03. The van der Waals surface area contributed by atoms with Gasteiger partial charge in [0.2, 0.25) is 0 Å². The van der Waals surface area contributed by atoms with Crippen LogP contribution in [-0.2, 0) is 14.3 Å². The first-order valence-electron chi connectivity index (χ1n) is 10.9. The SMILES string of the molecule is CCOc1ccc(C2C(C(=O)/C=C/c3ccccc3)=C(O)C(=O)N2CCOC)cc1OCC. The maximum absolute atomic E-state index is 13.2. The number of allylic oxidation sites excluding steroid dienone is 1. The molecule has 0 fully saturated rings. The Morgan fingerprint density at radius 1 is 1.06 bits per heavy atom. The second-order valence-corrected chi connectivity index (χ2v) is 7.34. The highest BCUT2D eigenvalue weighted by Crippen LogP contribution is 2.41. The number of carbonyl (C=O) groups excluding carboxylic acids is 2. The number of nitrogens with zero attached hydrogens (tertiary/aromatic N) is 1. The molecule has 1 aliphatic heterocycles. The van der Waals surface area contributed by atoms with Crippen LogP contribution in [0.4, 0.5) is 0 Å². The Morgan fingerprint density at radius 3 is 2.42 bits per heavy atom. The zero-order valence-corrected chi connectivity index (χ0v) is 19.1. The second-order valence-electron chi connectivity index (χ2n) is 7.34. The average molecular weight is 452 g/mol. The number of ketones is 1. The van der Waals surface area contributed by atoms with Gasteiger partial charge in [-0.3, -0.25) is 9.59 Å². The first-order valence-corrected chi connectivity index (χ1v) is 10.9. The highest BCUT2D eigenvalue weighted by atomic mass is 16.5. The van der Waals surface area contributed by atoms with Crippen molar-refractivity contribution in [3.63, 3.8) is 0 Å². The van der Waals surface area contributed by atoms with E-state index in [0.29, 0.717) is 30.3 Å². The monoisotopic (exact) mass is 451 g/mol. The number of aliphatic hydroxyl groups is 1. The number of carbonyl (C=O) groups is 2. The Labute approximate surface area is 193 Å². The molecule has 0 saturated carbocycles. The van der Waals surface area contributed by atoms with E-state index in [1.54, 1.807) is 24.3 Å². The lowest BCUT2D eigenvalue weighted by molar-refractivity contribution is -0.130. The second kappa shape index (κ2) is 11.3. The van der Waals surface area contributed by atoms with Crippen LogP contribution in [0.5, 0.6) is 11.5 Å². The van der Waals surface area contributed by atoms with Gasteiger partial charge in [0.25, 0.3) is 5.91 Å². The van der Waals surface area contributed by atoms with Crippen LogP contribution in [0.2, 0.25) is 0 Å². The van der Waals surface area contributed by atoms with Crippen molar-refractivity contribution in [1.29, 1.82) is 0 Å². The molecule has 1 heterocycles. The molecule has 1 amide bonds. The summed E-state index contributed by atoms with van der Waals surface area (Å²) in [4.78, 5) is 27.5. The molecule has 2 aromatic carbocycles. The van der Waals surface area contributed by atoms with Crippen molar-refractivity contribution in [3.05, 3.63) is 77.1 Å². The van der Waals surface area contributed by atoms with Crippen molar-refractivity contribution in [1.82, 2.24) is 4.90 Å². The molecule has 33 heavy (non-hydrogen) atoms. The maximum Gasteiger partial charge on any atom is 0.290 e. The summed E-state index contributed by atoms with van der Waals surface area (Å²) in [6, 6.07) is 13.8. The van der Waals surface area contributed by atoms with Crippen LogP contribution in [0.15, 0.2) is 65.9 Å². The van der Waals surface area contributed by atoms with Crippen molar-refractivity contribution in [2.24, 2.45) is 0 Å². The predicted octanol–water partition coefficient (Wildman–Crippen LogP) is 4.11. The summed E-state index contributed by atoms with van der Waals surface area (Å²) in [5, 5.41) is 10.7. The van der Waals surface area contributed by atoms with Gasteiger partial charge < -0.3 is 24.2 Å². The Kier molecular flexibility index (Phi) is 8.27. The van der Waals surface area contributed by atoms with Gasteiger partial charge in [0, 0.05) is 13.7 Å². The van der Waals surface area contributed by atoms with Crippen molar-refractivity contribution in [3.8, 4) is 11.5 Å². The largest absolute Gasteiger partial charge is 0.503 e. The molecule has 1 atom stereocenters. The van der Waals surface area contributed by atoms with E-state index in [4.69, 9.17) is 14.2 Å². The van der Waals surface area contributed by atoms with Gasteiger partial charge in [-0.2, -0.15) is 0 Å². The lowest BCUT2D eigenvalue weighted by Crippen LogP contribution is -2.33. The summed E-state index contributed by atoms with van der Waals surface area (Å²) < 4.78 is 16.5. The van der Waals surface area contributed by atoms with Crippen LogP contribution in [0.3, 0.4) is 0 Å². The fourth-order valence-electron chi connectivity index (χ4n) is 3.74. The number of aliphatic hydroxyl groups excluding tert-OH is 1. The van der Waals surface area contributed by atoms with E-state index >= 15 is 0 Å². The molecule has 2 aromatic rings. The van der Waals surface area contributed by atoms with Crippen molar-refractivity contribution in [2.75, 3.05) is 33.5 Å². The highest BCUT2D eigenvalue weighted by molar-refractivity contribution is 6.14. The fraction of sp³-hybridized carbons (Fsp3) is 0.308. The quantitative estimate of drug-likeness (QED) is 0.518. The first-order chi connectivity index (χ1) is 16.0. The third-order valence-corrected chi connectivity index (χ3v) is 5.22. The molecule has 1 aliphatic rings. The summed E-state index contributed by atoms with van der Waals surface area (Å²) in [6.45, 7) is 5.10. The predicted molar refractivity (Wildman–Crippen MR) is 125 cm³/mol. The molecule has 0 spiro atoms. The molecule has 7 heteroatoms. The van der Waals surface area contributed by atoms with Gasteiger partial charge in [0.15, 0.2) is 23.0 Å². The summed E-state index contributed by atoms with van der Waals surface area (Å²) in [7, 11) is 1.53.